The molecule has 64 heavy (non-hydrogen) atoms. The Morgan fingerprint density at radius 2 is 0.812 bits per heavy atom. The zero-order valence-corrected chi connectivity index (χ0v) is 35.9. The van der Waals surface area contributed by atoms with Crippen LogP contribution < -0.4 is 20.7 Å². The van der Waals surface area contributed by atoms with Gasteiger partial charge in [-0.1, -0.05) is 182 Å². The van der Waals surface area contributed by atoms with Gasteiger partial charge in [0.15, 0.2) is 13.7 Å². The maximum Gasteiger partial charge on any atom is 0.179 e. The van der Waals surface area contributed by atoms with Gasteiger partial charge in [-0.15, -0.1) is 0 Å². The number of hydrogen-bond donors (Lipinski definition) is 0. The second kappa shape index (κ2) is 14.5. The highest BCUT2D eigenvalue weighted by Gasteiger charge is 2.42. The largest absolute Gasteiger partial charge is 0.454 e. The molecule has 0 aliphatic carbocycles. The molecule has 3 heterocycles. The molecule has 0 fully saturated rings. The summed E-state index contributed by atoms with van der Waals surface area (Å²) in [4.78, 5) is 0. The number of nitrogens with zero attached hydrogens (tertiary/aromatic N) is 2. The summed E-state index contributed by atoms with van der Waals surface area (Å²) in [5.41, 5.74) is 11.1. The smallest absolute Gasteiger partial charge is 0.179 e. The summed E-state index contributed by atoms with van der Waals surface area (Å²) in [7, 11) is -3.00. The minimum atomic E-state index is -3.00. The first-order chi connectivity index (χ1) is 31.8. The standard InChI is InChI=1S/C60H40N2OSi/c1-4-19-43(20-5-1)61-55-31-13-11-29-50(55)54-39-42(34-37-57(54)61)41-18-16-26-47(38-41)64(45-22-6-2-7-23-45,46-24-8-3-9-25-46)48-27-17-21-44(40-48)62-56-32-14-10-28-49(56)52-35-36-53-51-30-12-15-33-58(51)63-60(53)59(52)62/h1-40H. The first-order valence-electron chi connectivity index (χ1n) is 22.0. The van der Waals surface area contributed by atoms with Crippen LogP contribution in [0.3, 0.4) is 0 Å². The fraction of sp³-hybridized carbons (Fsp3) is 0. The van der Waals surface area contributed by atoms with Crippen molar-refractivity contribution >= 4 is 94.4 Å². The van der Waals surface area contributed by atoms with E-state index in [0.29, 0.717) is 0 Å². The topological polar surface area (TPSA) is 23.0 Å². The van der Waals surface area contributed by atoms with E-state index in [4.69, 9.17) is 4.42 Å². The van der Waals surface area contributed by atoms with Crippen molar-refractivity contribution in [1.82, 2.24) is 9.13 Å². The maximum absolute atomic E-state index is 6.78. The third kappa shape index (κ3) is 5.39. The van der Waals surface area contributed by atoms with E-state index in [1.54, 1.807) is 0 Å². The number of furan rings is 1. The Morgan fingerprint density at radius 1 is 0.297 bits per heavy atom. The van der Waals surface area contributed by atoms with Crippen molar-refractivity contribution in [2.24, 2.45) is 0 Å². The van der Waals surface area contributed by atoms with Crippen molar-refractivity contribution in [3.8, 4) is 22.5 Å². The number of benzene rings is 10. The average Bonchev–Trinajstić information content (AvgIpc) is 4.03. The second-order valence-corrected chi connectivity index (χ2v) is 20.6. The van der Waals surface area contributed by atoms with Crippen molar-refractivity contribution in [3.05, 3.63) is 243 Å². The lowest BCUT2D eigenvalue weighted by atomic mass is 10.0. The predicted molar refractivity (Wildman–Crippen MR) is 271 cm³/mol. The molecule has 0 aliphatic rings. The molecule has 0 amide bonds. The quantitative estimate of drug-likeness (QED) is 0.116. The Bertz CT molecular complexity index is 3860. The SMILES string of the molecule is c1ccc(-n2c3ccccc3c3cc(-c4cccc([Si](c5ccccc5)(c5ccccc5)c5cccc(-n6c7ccccc7c7ccc8c9ccccc9oc8c76)c5)c4)ccc32)cc1. The fourth-order valence-corrected chi connectivity index (χ4v) is 15.5. The van der Waals surface area contributed by atoms with Crippen LogP contribution in [0.25, 0.3) is 88.1 Å². The normalized spacial score (nSPS) is 12.1. The molecule has 300 valence electrons. The zero-order valence-electron chi connectivity index (χ0n) is 34.9. The van der Waals surface area contributed by atoms with Gasteiger partial charge in [-0.2, -0.15) is 0 Å². The van der Waals surface area contributed by atoms with E-state index >= 15 is 0 Å². The number of para-hydroxylation sites is 4. The van der Waals surface area contributed by atoms with Crippen LogP contribution in [0.5, 0.6) is 0 Å². The molecule has 0 atom stereocenters. The summed E-state index contributed by atoms with van der Waals surface area (Å²) >= 11 is 0. The number of aromatic nitrogens is 2. The van der Waals surface area contributed by atoms with Crippen LogP contribution in [0, 0.1) is 0 Å². The number of rotatable bonds is 7. The van der Waals surface area contributed by atoms with E-state index < -0.39 is 8.07 Å². The molecule has 0 bridgehead atoms. The van der Waals surface area contributed by atoms with Crippen molar-refractivity contribution in [2.75, 3.05) is 0 Å². The van der Waals surface area contributed by atoms with Gasteiger partial charge in [-0.05, 0) is 92.5 Å². The van der Waals surface area contributed by atoms with Crippen molar-refractivity contribution < 1.29 is 4.42 Å². The van der Waals surface area contributed by atoms with Gasteiger partial charge in [-0.25, -0.2) is 0 Å². The van der Waals surface area contributed by atoms with E-state index in [1.165, 1.54) is 64.5 Å². The van der Waals surface area contributed by atoms with Gasteiger partial charge in [0.25, 0.3) is 0 Å². The maximum atomic E-state index is 6.78. The van der Waals surface area contributed by atoms with Crippen molar-refractivity contribution in [1.29, 1.82) is 0 Å². The highest BCUT2D eigenvalue weighted by molar-refractivity contribution is 7.20. The molecule has 3 aromatic heterocycles. The second-order valence-electron chi connectivity index (χ2n) is 16.8. The molecule has 0 spiro atoms. The predicted octanol–water partition coefficient (Wildman–Crippen LogP) is 12.8. The highest BCUT2D eigenvalue weighted by Crippen LogP contribution is 2.40. The average molecular weight is 833 g/mol. The fourth-order valence-electron chi connectivity index (χ4n) is 10.7. The molecule has 0 radical (unpaired) electrons. The van der Waals surface area contributed by atoms with Gasteiger partial charge >= 0.3 is 0 Å². The Balaban J connectivity index is 1.06. The van der Waals surface area contributed by atoms with Crippen LogP contribution in [0.4, 0.5) is 0 Å². The van der Waals surface area contributed by atoms with E-state index in [0.717, 1.165) is 44.3 Å². The molecule has 10 aromatic carbocycles. The zero-order chi connectivity index (χ0) is 42.2. The third-order valence-corrected chi connectivity index (χ3v) is 18.2. The summed E-state index contributed by atoms with van der Waals surface area (Å²) in [6.07, 6.45) is 0. The summed E-state index contributed by atoms with van der Waals surface area (Å²) < 4.78 is 11.6. The van der Waals surface area contributed by atoms with Gasteiger partial charge in [0.1, 0.15) is 5.58 Å². The van der Waals surface area contributed by atoms with E-state index in [1.807, 2.05) is 0 Å². The van der Waals surface area contributed by atoms with Gasteiger partial charge in [0, 0.05) is 43.7 Å². The van der Waals surface area contributed by atoms with Crippen LogP contribution >= 0.6 is 0 Å². The van der Waals surface area contributed by atoms with Gasteiger partial charge in [0.05, 0.1) is 22.1 Å². The van der Waals surface area contributed by atoms with Gasteiger partial charge < -0.3 is 13.6 Å². The molecule has 4 heteroatoms. The monoisotopic (exact) mass is 832 g/mol. The van der Waals surface area contributed by atoms with Crippen molar-refractivity contribution in [2.45, 2.75) is 0 Å². The molecule has 0 saturated carbocycles. The lowest BCUT2D eigenvalue weighted by molar-refractivity contribution is 0.671. The van der Waals surface area contributed by atoms with Gasteiger partial charge in [0.2, 0.25) is 0 Å². The van der Waals surface area contributed by atoms with Crippen LogP contribution in [0.2, 0.25) is 0 Å². The summed E-state index contributed by atoms with van der Waals surface area (Å²) in [6, 6.07) is 89.4. The molecular formula is C60H40N2OSi. The first kappa shape index (κ1) is 36.5. The Hall–Kier alpha value is -8.18. The minimum absolute atomic E-state index is 0.899. The molecule has 0 aliphatic heterocycles. The number of fused-ring (bicyclic) bond motifs is 10. The lowest BCUT2D eigenvalue weighted by Gasteiger charge is -2.35. The summed E-state index contributed by atoms with van der Waals surface area (Å²) in [6.45, 7) is 0. The number of hydrogen-bond acceptors (Lipinski definition) is 1. The molecule has 3 nitrogen and oxygen atoms in total. The van der Waals surface area contributed by atoms with E-state index in [2.05, 4.69) is 252 Å². The first-order valence-corrected chi connectivity index (χ1v) is 24.0. The van der Waals surface area contributed by atoms with Crippen LogP contribution in [-0.2, 0) is 0 Å². The Morgan fingerprint density at radius 3 is 1.55 bits per heavy atom. The molecule has 13 rings (SSSR count). The third-order valence-electron chi connectivity index (χ3n) is 13.4. The van der Waals surface area contributed by atoms with Gasteiger partial charge in [-0.3, -0.25) is 0 Å². The molecule has 13 aromatic rings. The molecule has 0 saturated heterocycles. The Kier molecular flexibility index (Phi) is 8.23. The van der Waals surface area contributed by atoms with Crippen molar-refractivity contribution in [3.63, 3.8) is 0 Å². The summed E-state index contributed by atoms with van der Waals surface area (Å²) in [5, 5.41) is 12.4. The van der Waals surface area contributed by atoms with Crippen LogP contribution in [-0.4, -0.2) is 17.2 Å². The molecule has 0 unspecified atom stereocenters. The Labute approximate surface area is 371 Å². The van der Waals surface area contributed by atoms with Crippen LogP contribution in [0.1, 0.15) is 0 Å². The minimum Gasteiger partial charge on any atom is -0.454 e. The lowest BCUT2D eigenvalue weighted by Crippen LogP contribution is -2.74. The molecule has 0 N–H and O–H groups in total. The highest BCUT2D eigenvalue weighted by atomic mass is 28.3. The van der Waals surface area contributed by atoms with Crippen LogP contribution in [0.15, 0.2) is 247 Å². The molecular weight excluding hydrogens is 793 g/mol. The summed E-state index contributed by atoms with van der Waals surface area (Å²) in [5.74, 6) is 0. The van der Waals surface area contributed by atoms with E-state index in [-0.39, 0.29) is 0 Å². The van der Waals surface area contributed by atoms with E-state index in [9.17, 15) is 0 Å².